The van der Waals surface area contributed by atoms with Crippen LogP contribution in [0.25, 0.3) is 0 Å². The van der Waals surface area contributed by atoms with E-state index in [1.165, 1.54) is 37.8 Å². The lowest BCUT2D eigenvalue weighted by Gasteiger charge is -2.22. The molecule has 0 radical (unpaired) electrons. The Morgan fingerprint density at radius 2 is 2.18 bits per heavy atom. The van der Waals surface area contributed by atoms with Crippen molar-refractivity contribution in [2.24, 2.45) is 11.8 Å². The zero-order valence-electron chi connectivity index (χ0n) is 11.4. The van der Waals surface area contributed by atoms with E-state index in [1.807, 2.05) is 12.2 Å². The second kappa shape index (κ2) is 7.50. The molecular formula is C16H27N. The van der Waals surface area contributed by atoms with Gasteiger partial charge in [-0.05, 0) is 49.6 Å². The fraction of sp³-hybridized carbons (Fsp3) is 0.625. The third-order valence-electron chi connectivity index (χ3n) is 4.06. The molecule has 0 spiro atoms. The van der Waals surface area contributed by atoms with Crippen molar-refractivity contribution in [2.75, 3.05) is 6.54 Å². The van der Waals surface area contributed by atoms with Crippen LogP contribution in [0.4, 0.5) is 0 Å². The Hall–Kier alpha value is -0.820. The summed E-state index contributed by atoms with van der Waals surface area (Å²) in [7, 11) is 0. The maximum absolute atomic E-state index is 3.89. The Bertz CT molecular complexity index is 271. The summed E-state index contributed by atoms with van der Waals surface area (Å²) in [6.45, 7) is 13.5. The summed E-state index contributed by atoms with van der Waals surface area (Å²) < 4.78 is 0. The molecule has 1 aliphatic rings. The Morgan fingerprint density at radius 3 is 2.71 bits per heavy atom. The van der Waals surface area contributed by atoms with Gasteiger partial charge in [0.1, 0.15) is 0 Å². The van der Waals surface area contributed by atoms with Gasteiger partial charge < -0.3 is 5.32 Å². The maximum atomic E-state index is 3.89. The first-order valence-corrected chi connectivity index (χ1v) is 6.87. The lowest BCUT2D eigenvalue weighted by molar-refractivity contribution is 0.378. The van der Waals surface area contributed by atoms with Crippen molar-refractivity contribution in [3.8, 4) is 0 Å². The standard InChI is InChI=1S/C16H27N/c1-5-8-15(6-2)14(4)13(3)10-11-16-9-7-12-17-16/h5-6,8,13-14,16-17H,1-2,7,9-12H2,3-4H3/b15-8+. The van der Waals surface area contributed by atoms with Crippen molar-refractivity contribution >= 4 is 0 Å². The van der Waals surface area contributed by atoms with Crippen LogP contribution in [0.15, 0.2) is 37.0 Å². The summed E-state index contributed by atoms with van der Waals surface area (Å²) in [6.07, 6.45) is 11.2. The van der Waals surface area contributed by atoms with E-state index in [2.05, 4.69) is 38.4 Å². The lowest BCUT2D eigenvalue weighted by atomic mass is 9.84. The monoisotopic (exact) mass is 233 g/mol. The molecule has 1 nitrogen and oxygen atoms in total. The molecule has 17 heavy (non-hydrogen) atoms. The molecule has 0 aromatic rings. The van der Waals surface area contributed by atoms with Crippen molar-refractivity contribution in [3.05, 3.63) is 37.0 Å². The van der Waals surface area contributed by atoms with E-state index in [4.69, 9.17) is 0 Å². The third kappa shape index (κ3) is 4.51. The molecule has 1 heteroatoms. The number of allylic oxidation sites excluding steroid dienone is 4. The smallest absolute Gasteiger partial charge is 0.00676 e. The molecule has 3 unspecified atom stereocenters. The largest absolute Gasteiger partial charge is 0.314 e. The second-order valence-corrected chi connectivity index (χ2v) is 5.24. The van der Waals surface area contributed by atoms with Crippen LogP contribution in [0.5, 0.6) is 0 Å². The topological polar surface area (TPSA) is 12.0 Å². The van der Waals surface area contributed by atoms with Crippen LogP contribution < -0.4 is 5.32 Å². The number of nitrogens with one attached hydrogen (secondary N) is 1. The Kier molecular flexibility index (Phi) is 6.28. The lowest BCUT2D eigenvalue weighted by Crippen LogP contribution is -2.22. The molecule has 0 aromatic carbocycles. The predicted molar refractivity (Wildman–Crippen MR) is 77.1 cm³/mol. The van der Waals surface area contributed by atoms with Gasteiger partial charge in [-0.2, -0.15) is 0 Å². The first-order chi connectivity index (χ1) is 8.19. The van der Waals surface area contributed by atoms with Gasteiger partial charge in [0.25, 0.3) is 0 Å². The summed E-state index contributed by atoms with van der Waals surface area (Å²) in [4.78, 5) is 0. The van der Waals surface area contributed by atoms with E-state index < -0.39 is 0 Å². The molecule has 3 atom stereocenters. The molecule has 1 rings (SSSR count). The van der Waals surface area contributed by atoms with Crippen LogP contribution >= 0.6 is 0 Å². The fourth-order valence-corrected chi connectivity index (χ4v) is 2.59. The normalized spacial score (nSPS) is 24.4. The molecule has 0 aliphatic carbocycles. The maximum Gasteiger partial charge on any atom is 0.00676 e. The van der Waals surface area contributed by atoms with Gasteiger partial charge in [-0.3, -0.25) is 0 Å². The van der Waals surface area contributed by atoms with Crippen molar-refractivity contribution in [1.82, 2.24) is 5.32 Å². The average molecular weight is 233 g/mol. The third-order valence-corrected chi connectivity index (χ3v) is 4.06. The Morgan fingerprint density at radius 1 is 1.41 bits per heavy atom. The van der Waals surface area contributed by atoms with Gasteiger partial charge in [0.15, 0.2) is 0 Å². The summed E-state index contributed by atoms with van der Waals surface area (Å²) >= 11 is 0. The van der Waals surface area contributed by atoms with Gasteiger partial charge in [-0.25, -0.2) is 0 Å². The molecule has 1 aliphatic heterocycles. The van der Waals surface area contributed by atoms with Crippen LogP contribution in [0, 0.1) is 11.8 Å². The number of hydrogen-bond acceptors (Lipinski definition) is 1. The molecule has 96 valence electrons. The summed E-state index contributed by atoms with van der Waals surface area (Å²) in [5.41, 5.74) is 1.31. The van der Waals surface area contributed by atoms with E-state index in [0.717, 1.165) is 6.04 Å². The second-order valence-electron chi connectivity index (χ2n) is 5.24. The minimum Gasteiger partial charge on any atom is -0.314 e. The molecule has 1 fully saturated rings. The minimum atomic E-state index is 0.576. The van der Waals surface area contributed by atoms with Crippen molar-refractivity contribution < 1.29 is 0 Å². The summed E-state index contributed by atoms with van der Waals surface area (Å²) in [5, 5.41) is 3.57. The van der Waals surface area contributed by atoms with Gasteiger partial charge in [-0.15, -0.1) is 0 Å². The Labute approximate surface area is 107 Å². The quantitative estimate of drug-likeness (QED) is 0.653. The van der Waals surface area contributed by atoms with E-state index in [0.29, 0.717) is 11.8 Å². The van der Waals surface area contributed by atoms with Gasteiger partial charge in [0, 0.05) is 6.04 Å². The van der Waals surface area contributed by atoms with Gasteiger partial charge >= 0.3 is 0 Å². The van der Waals surface area contributed by atoms with Crippen LogP contribution in [0.3, 0.4) is 0 Å². The highest BCUT2D eigenvalue weighted by atomic mass is 14.9. The predicted octanol–water partition coefficient (Wildman–Crippen LogP) is 4.09. The molecule has 0 aromatic heterocycles. The van der Waals surface area contributed by atoms with E-state index in [9.17, 15) is 0 Å². The average Bonchev–Trinajstić information content (AvgIpc) is 2.85. The highest BCUT2D eigenvalue weighted by molar-refractivity contribution is 5.23. The van der Waals surface area contributed by atoms with Crippen LogP contribution in [0.2, 0.25) is 0 Å². The summed E-state index contributed by atoms with van der Waals surface area (Å²) in [5.74, 6) is 1.29. The number of rotatable bonds is 7. The van der Waals surface area contributed by atoms with Crippen molar-refractivity contribution in [2.45, 2.75) is 45.6 Å². The highest BCUT2D eigenvalue weighted by Crippen LogP contribution is 2.26. The van der Waals surface area contributed by atoms with E-state index in [1.54, 1.807) is 0 Å². The molecule has 1 heterocycles. The van der Waals surface area contributed by atoms with Crippen molar-refractivity contribution in [1.29, 1.82) is 0 Å². The van der Waals surface area contributed by atoms with Crippen LogP contribution in [-0.2, 0) is 0 Å². The van der Waals surface area contributed by atoms with E-state index >= 15 is 0 Å². The number of hydrogen-bond donors (Lipinski definition) is 1. The zero-order chi connectivity index (χ0) is 12.7. The van der Waals surface area contributed by atoms with Gasteiger partial charge in [-0.1, -0.05) is 45.2 Å². The van der Waals surface area contributed by atoms with Crippen LogP contribution in [0.1, 0.15) is 39.5 Å². The van der Waals surface area contributed by atoms with E-state index in [-0.39, 0.29) is 0 Å². The van der Waals surface area contributed by atoms with Gasteiger partial charge in [0.2, 0.25) is 0 Å². The minimum absolute atomic E-state index is 0.576. The fourth-order valence-electron chi connectivity index (χ4n) is 2.59. The molecule has 0 bridgehead atoms. The molecule has 1 N–H and O–H groups in total. The molecule has 1 saturated heterocycles. The Balaban J connectivity index is 2.39. The summed E-state index contributed by atoms with van der Waals surface area (Å²) in [6, 6.07) is 0.764. The first kappa shape index (κ1) is 14.2. The molecular weight excluding hydrogens is 206 g/mol. The van der Waals surface area contributed by atoms with Crippen molar-refractivity contribution in [3.63, 3.8) is 0 Å². The first-order valence-electron chi connectivity index (χ1n) is 6.87. The van der Waals surface area contributed by atoms with Crippen LogP contribution in [-0.4, -0.2) is 12.6 Å². The van der Waals surface area contributed by atoms with Gasteiger partial charge in [0.05, 0.1) is 0 Å². The molecule has 0 amide bonds. The molecule has 0 saturated carbocycles. The SMILES string of the molecule is C=C/C=C(\C=C)C(C)C(C)CCC1CCCN1. The zero-order valence-corrected chi connectivity index (χ0v) is 11.4. The highest BCUT2D eigenvalue weighted by Gasteiger charge is 2.18.